The van der Waals surface area contributed by atoms with Gasteiger partial charge in [0, 0.05) is 17.5 Å². The van der Waals surface area contributed by atoms with Crippen LogP contribution in [0.4, 0.5) is 0 Å². The van der Waals surface area contributed by atoms with Crippen molar-refractivity contribution in [3.63, 3.8) is 0 Å². The Bertz CT molecular complexity index is 818. The lowest BCUT2D eigenvalue weighted by Gasteiger charge is -2.10. The fraction of sp³-hybridized carbons (Fsp3) is 0.222. The molecule has 1 aromatic carbocycles. The van der Waals surface area contributed by atoms with Gasteiger partial charge < -0.3 is 5.32 Å². The minimum atomic E-state index is -0.0921. The number of carbonyl (C=O) groups is 1. The molecule has 0 spiro atoms. The number of H-pyrrole nitrogens is 1. The third-order valence-electron chi connectivity index (χ3n) is 4.21. The number of nitrogens with zero attached hydrogens (tertiary/aromatic N) is 1. The highest BCUT2D eigenvalue weighted by Crippen LogP contribution is 2.41. The molecule has 1 aliphatic rings. The molecule has 0 atom stereocenters. The van der Waals surface area contributed by atoms with Gasteiger partial charge in [-0.1, -0.05) is 24.3 Å². The first-order valence-corrected chi connectivity index (χ1v) is 8.69. The maximum Gasteiger partial charge on any atom is 0.255 e. The zero-order valence-electron chi connectivity index (χ0n) is 12.6. The molecule has 0 radical (unpaired) electrons. The zero-order valence-corrected chi connectivity index (χ0v) is 13.4. The highest BCUT2D eigenvalue weighted by atomic mass is 32.1. The fourth-order valence-electron chi connectivity index (χ4n) is 2.84. The van der Waals surface area contributed by atoms with Crippen molar-refractivity contribution in [2.75, 3.05) is 0 Å². The van der Waals surface area contributed by atoms with E-state index in [1.807, 2.05) is 22.9 Å². The van der Waals surface area contributed by atoms with E-state index in [2.05, 4.69) is 33.7 Å². The van der Waals surface area contributed by atoms with Crippen LogP contribution in [0.5, 0.6) is 0 Å². The van der Waals surface area contributed by atoms with Crippen LogP contribution in [0.1, 0.15) is 40.2 Å². The number of hydrogen-bond donors (Lipinski definition) is 2. The maximum absolute atomic E-state index is 12.5. The van der Waals surface area contributed by atoms with Crippen LogP contribution in [0.3, 0.4) is 0 Å². The van der Waals surface area contributed by atoms with Gasteiger partial charge in [0.1, 0.15) is 0 Å². The molecule has 1 amide bonds. The second kappa shape index (κ2) is 6.01. The molecule has 2 N–H and O–H groups in total. The third kappa shape index (κ3) is 2.92. The molecule has 5 heteroatoms. The Morgan fingerprint density at radius 2 is 2.17 bits per heavy atom. The van der Waals surface area contributed by atoms with Crippen molar-refractivity contribution in [1.82, 2.24) is 15.5 Å². The second-order valence-electron chi connectivity index (χ2n) is 5.83. The standard InChI is InChI=1S/C18H17N3OS/c22-18(16-10-20-21-17(16)14-7-8-23-11-14)19-9-13-3-1-2-4-15(13)12-5-6-12/h1-4,7-8,10-12H,5-6,9H2,(H,19,22)(H,20,21). The molecule has 1 aliphatic carbocycles. The van der Waals surface area contributed by atoms with Gasteiger partial charge in [-0.15, -0.1) is 0 Å². The third-order valence-corrected chi connectivity index (χ3v) is 4.89. The van der Waals surface area contributed by atoms with Crippen molar-refractivity contribution in [3.8, 4) is 11.3 Å². The normalized spacial score (nSPS) is 13.9. The smallest absolute Gasteiger partial charge is 0.255 e. The molecular weight excluding hydrogens is 306 g/mol. The van der Waals surface area contributed by atoms with E-state index < -0.39 is 0 Å². The summed E-state index contributed by atoms with van der Waals surface area (Å²) in [6.45, 7) is 0.555. The Kier molecular flexibility index (Phi) is 3.71. The summed E-state index contributed by atoms with van der Waals surface area (Å²) in [6, 6.07) is 10.4. The molecule has 0 bridgehead atoms. The molecule has 1 saturated carbocycles. The van der Waals surface area contributed by atoms with E-state index in [0.29, 0.717) is 18.0 Å². The summed E-state index contributed by atoms with van der Waals surface area (Å²) in [7, 11) is 0. The van der Waals surface area contributed by atoms with Crippen LogP contribution in [0, 0.1) is 0 Å². The minimum absolute atomic E-state index is 0.0921. The average Bonchev–Trinajstić information content (AvgIpc) is 3.08. The summed E-state index contributed by atoms with van der Waals surface area (Å²) in [6.07, 6.45) is 4.11. The molecule has 2 aromatic heterocycles. The number of aromatic nitrogens is 2. The van der Waals surface area contributed by atoms with Gasteiger partial charge in [-0.05, 0) is 41.3 Å². The molecule has 1 fully saturated rings. The largest absolute Gasteiger partial charge is 0.348 e. The van der Waals surface area contributed by atoms with E-state index in [-0.39, 0.29) is 5.91 Å². The molecular formula is C18H17N3OS. The van der Waals surface area contributed by atoms with Crippen molar-refractivity contribution in [2.45, 2.75) is 25.3 Å². The second-order valence-corrected chi connectivity index (χ2v) is 6.61. The Balaban J connectivity index is 1.50. The van der Waals surface area contributed by atoms with Gasteiger partial charge in [0.05, 0.1) is 17.5 Å². The molecule has 2 heterocycles. The summed E-state index contributed by atoms with van der Waals surface area (Å²) in [5.74, 6) is 0.587. The van der Waals surface area contributed by atoms with Gasteiger partial charge in [-0.25, -0.2) is 0 Å². The summed E-state index contributed by atoms with van der Waals surface area (Å²) >= 11 is 1.60. The van der Waals surface area contributed by atoms with Gasteiger partial charge in [-0.2, -0.15) is 16.4 Å². The minimum Gasteiger partial charge on any atom is -0.348 e. The Morgan fingerprint density at radius 1 is 1.30 bits per heavy atom. The summed E-state index contributed by atoms with van der Waals surface area (Å²) < 4.78 is 0. The van der Waals surface area contributed by atoms with E-state index in [0.717, 1.165) is 11.3 Å². The number of rotatable bonds is 5. The lowest BCUT2D eigenvalue weighted by Crippen LogP contribution is -2.23. The summed E-state index contributed by atoms with van der Waals surface area (Å²) in [5, 5.41) is 14.0. The summed E-state index contributed by atoms with van der Waals surface area (Å²) in [5.41, 5.74) is 4.95. The predicted molar refractivity (Wildman–Crippen MR) is 91.5 cm³/mol. The molecule has 116 valence electrons. The number of aromatic amines is 1. The van der Waals surface area contributed by atoms with E-state index in [9.17, 15) is 4.79 Å². The van der Waals surface area contributed by atoms with Crippen molar-refractivity contribution < 1.29 is 4.79 Å². The van der Waals surface area contributed by atoms with E-state index in [1.54, 1.807) is 17.5 Å². The maximum atomic E-state index is 12.5. The van der Waals surface area contributed by atoms with E-state index >= 15 is 0 Å². The Morgan fingerprint density at radius 3 is 2.96 bits per heavy atom. The fourth-order valence-corrected chi connectivity index (χ4v) is 3.49. The van der Waals surface area contributed by atoms with Crippen LogP contribution in [-0.2, 0) is 6.54 Å². The number of amides is 1. The number of thiophene rings is 1. The molecule has 0 unspecified atom stereocenters. The van der Waals surface area contributed by atoms with Crippen molar-refractivity contribution in [2.24, 2.45) is 0 Å². The molecule has 0 aliphatic heterocycles. The topological polar surface area (TPSA) is 57.8 Å². The quantitative estimate of drug-likeness (QED) is 0.747. The number of hydrogen-bond acceptors (Lipinski definition) is 3. The first-order chi connectivity index (χ1) is 11.3. The molecule has 4 nitrogen and oxygen atoms in total. The van der Waals surface area contributed by atoms with E-state index in [4.69, 9.17) is 0 Å². The summed E-state index contributed by atoms with van der Waals surface area (Å²) in [4.78, 5) is 12.5. The molecule has 23 heavy (non-hydrogen) atoms. The predicted octanol–water partition coefficient (Wildman–Crippen LogP) is 3.95. The lowest BCUT2D eigenvalue weighted by molar-refractivity contribution is 0.0951. The van der Waals surface area contributed by atoms with Crippen molar-refractivity contribution in [3.05, 3.63) is 64.0 Å². The van der Waals surface area contributed by atoms with Crippen molar-refractivity contribution >= 4 is 17.2 Å². The highest BCUT2D eigenvalue weighted by Gasteiger charge is 2.25. The first kappa shape index (κ1) is 14.2. The van der Waals surface area contributed by atoms with Crippen LogP contribution < -0.4 is 5.32 Å². The molecule has 0 saturated heterocycles. The van der Waals surface area contributed by atoms with E-state index in [1.165, 1.54) is 24.0 Å². The van der Waals surface area contributed by atoms with Crippen LogP contribution in [0.2, 0.25) is 0 Å². The zero-order chi connectivity index (χ0) is 15.6. The van der Waals surface area contributed by atoms with Gasteiger partial charge in [-0.3, -0.25) is 9.89 Å². The van der Waals surface area contributed by atoms with Crippen LogP contribution >= 0.6 is 11.3 Å². The Hall–Kier alpha value is -2.40. The van der Waals surface area contributed by atoms with Gasteiger partial charge in [0.25, 0.3) is 5.91 Å². The van der Waals surface area contributed by atoms with Gasteiger partial charge in [0.15, 0.2) is 0 Å². The van der Waals surface area contributed by atoms with Crippen LogP contribution in [0.15, 0.2) is 47.3 Å². The molecule has 3 aromatic rings. The average molecular weight is 323 g/mol. The monoisotopic (exact) mass is 323 g/mol. The van der Waals surface area contributed by atoms with Gasteiger partial charge >= 0.3 is 0 Å². The van der Waals surface area contributed by atoms with Crippen LogP contribution in [0.25, 0.3) is 11.3 Å². The Labute approximate surface area is 138 Å². The number of carbonyl (C=O) groups excluding carboxylic acids is 1. The first-order valence-electron chi connectivity index (χ1n) is 7.75. The van der Waals surface area contributed by atoms with Gasteiger partial charge in [0.2, 0.25) is 0 Å². The SMILES string of the molecule is O=C(NCc1ccccc1C1CC1)c1cn[nH]c1-c1ccsc1. The van der Waals surface area contributed by atoms with Crippen LogP contribution in [-0.4, -0.2) is 16.1 Å². The van der Waals surface area contributed by atoms with Crippen molar-refractivity contribution in [1.29, 1.82) is 0 Å². The number of nitrogens with one attached hydrogen (secondary N) is 2. The lowest BCUT2D eigenvalue weighted by atomic mass is 10.0. The highest BCUT2D eigenvalue weighted by molar-refractivity contribution is 7.08. The molecule has 4 rings (SSSR count). The number of benzene rings is 1.